The van der Waals surface area contributed by atoms with Crippen LogP contribution in [0.15, 0.2) is 23.3 Å². The van der Waals surface area contributed by atoms with Crippen LogP contribution in [0.3, 0.4) is 0 Å². The van der Waals surface area contributed by atoms with Crippen LogP contribution in [0.25, 0.3) is 11.0 Å². The van der Waals surface area contributed by atoms with Gasteiger partial charge in [0.25, 0.3) is 5.56 Å². The molecule has 0 aliphatic heterocycles. The molecule has 0 spiro atoms. The van der Waals surface area contributed by atoms with Gasteiger partial charge in [-0.05, 0) is 18.4 Å². The second-order valence-electron chi connectivity index (χ2n) is 4.03. The van der Waals surface area contributed by atoms with Crippen LogP contribution in [0, 0.1) is 0 Å². The van der Waals surface area contributed by atoms with Crippen molar-refractivity contribution in [1.82, 2.24) is 15.0 Å². The maximum absolute atomic E-state index is 11.4. The first-order valence-electron chi connectivity index (χ1n) is 5.56. The quantitative estimate of drug-likeness (QED) is 0.857. The fourth-order valence-electron chi connectivity index (χ4n) is 1.79. The summed E-state index contributed by atoms with van der Waals surface area (Å²) in [6, 6.07) is 1.78. The van der Waals surface area contributed by atoms with E-state index in [1.54, 1.807) is 18.5 Å². The molecule has 4 nitrogen and oxygen atoms in total. The lowest BCUT2D eigenvalue weighted by Crippen LogP contribution is -2.09. The Balaban J connectivity index is 2.48. The van der Waals surface area contributed by atoms with Crippen LogP contribution in [0.5, 0.6) is 0 Å². The average Bonchev–Trinajstić information content (AvgIpc) is 2.29. The average molecular weight is 217 g/mol. The standard InChI is InChI=1S/C12H15N3O/c1-3-4-8(2)10-7-14-11-9(15-10)5-6-13-12(11)16/h5-8H,3-4H2,1-2H3,(H,13,16). The summed E-state index contributed by atoms with van der Waals surface area (Å²) in [5, 5.41) is 0. The van der Waals surface area contributed by atoms with Gasteiger partial charge in [-0.2, -0.15) is 0 Å². The minimum atomic E-state index is -0.181. The molecular formula is C12H15N3O. The molecule has 0 fully saturated rings. The number of fused-ring (bicyclic) bond motifs is 1. The van der Waals surface area contributed by atoms with Crippen LogP contribution >= 0.6 is 0 Å². The van der Waals surface area contributed by atoms with Crippen molar-refractivity contribution in [2.75, 3.05) is 0 Å². The summed E-state index contributed by atoms with van der Waals surface area (Å²) >= 11 is 0. The van der Waals surface area contributed by atoms with Crippen LogP contribution in [0.1, 0.15) is 38.3 Å². The molecule has 2 heterocycles. The number of hydrogen-bond donors (Lipinski definition) is 1. The van der Waals surface area contributed by atoms with E-state index in [4.69, 9.17) is 0 Å². The Morgan fingerprint density at radius 3 is 3.06 bits per heavy atom. The topological polar surface area (TPSA) is 58.6 Å². The largest absolute Gasteiger partial charge is 0.327 e. The Kier molecular flexibility index (Phi) is 2.99. The van der Waals surface area contributed by atoms with Crippen molar-refractivity contribution in [3.05, 3.63) is 34.5 Å². The number of nitrogens with zero attached hydrogens (tertiary/aromatic N) is 2. The van der Waals surface area contributed by atoms with Crippen molar-refractivity contribution in [1.29, 1.82) is 0 Å². The predicted octanol–water partition coefficient (Wildman–Crippen LogP) is 2.22. The molecule has 2 rings (SSSR count). The molecule has 16 heavy (non-hydrogen) atoms. The molecule has 1 atom stereocenters. The molecule has 0 saturated heterocycles. The zero-order valence-electron chi connectivity index (χ0n) is 9.53. The van der Waals surface area contributed by atoms with Gasteiger partial charge in [-0.1, -0.05) is 20.3 Å². The van der Waals surface area contributed by atoms with Crippen LogP contribution in [0.2, 0.25) is 0 Å². The maximum Gasteiger partial charge on any atom is 0.276 e. The smallest absolute Gasteiger partial charge is 0.276 e. The lowest BCUT2D eigenvalue weighted by atomic mass is 10.0. The Bertz CT molecular complexity index is 547. The SMILES string of the molecule is CCCC(C)c1cnc2c(=O)[nH]ccc2n1. The first-order chi connectivity index (χ1) is 7.72. The summed E-state index contributed by atoms with van der Waals surface area (Å²) in [6.45, 7) is 4.28. The van der Waals surface area contributed by atoms with Gasteiger partial charge in [0.1, 0.15) is 0 Å². The molecule has 1 N–H and O–H groups in total. The fraction of sp³-hybridized carbons (Fsp3) is 0.417. The minimum Gasteiger partial charge on any atom is -0.327 e. The van der Waals surface area contributed by atoms with Crippen molar-refractivity contribution >= 4 is 11.0 Å². The van der Waals surface area contributed by atoms with Gasteiger partial charge >= 0.3 is 0 Å². The molecule has 0 bridgehead atoms. The van der Waals surface area contributed by atoms with Crippen molar-refractivity contribution in [2.45, 2.75) is 32.6 Å². The van der Waals surface area contributed by atoms with Crippen LogP contribution in [0.4, 0.5) is 0 Å². The number of aromatic nitrogens is 3. The first kappa shape index (κ1) is 10.8. The highest BCUT2D eigenvalue weighted by Gasteiger charge is 2.08. The number of nitrogens with one attached hydrogen (secondary N) is 1. The summed E-state index contributed by atoms with van der Waals surface area (Å²) in [5.41, 5.74) is 1.86. The summed E-state index contributed by atoms with van der Waals surface area (Å²) < 4.78 is 0. The van der Waals surface area contributed by atoms with Crippen molar-refractivity contribution in [2.24, 2.45) is 0 Å². The number of hydrogen-bond acceptors (Lipinski definition) is 3. The lowest BCUT2D eigenvalue weighted by molar-refractivity contribution is 0.647. The second-order valence-corrected chi connectivity index (χ2v) is 4.03. The normalized spacial score (nSPS) is 12.9. The van der Waals surface area contributed by atoms with Crippen molar-refractivity contribution < 1.29 is 0 Å². The molecule has 0 saturated carbocycles. The van der Waals surface area contributed by atoms with E-state index in [1.165, 1.54) is 0 Å². The zero-order valence-corrected chi connectivity index (χ0v) is 9.53. The number of aromatic amines is 1. The number of pyridine rings is 1. The molecule has 2 aromatic heterocycles. The Hall–Kier alpha value is -1.71. The molecular weight excluding hydrogens is 202 g/mol. The summed E-state index contributed by atoms with van der Waals surface area (Å²) in [7, 11) is 0. The summed E-state index contributed by atoms with van der Waals surface area (Å²) in [6.07, 6.45) is 5.52. The maximum atomic E-state index is 11.4. The third-order valence-electron chi connectivity index (χ3n) is 2.72. The van der Waals surface area contributed by atoms with Gasteiger partial charge < -0.3 is 4.98 Å². The molecule has 0 amide bonds. The fourth-order valence-corrected chi connectivity index (χ4v) is 1.79. The van der Waals surface area contributed by atoms with Gasteiger partial charge in [0.2, 0.25) is 0 Å². The van der Waals surface area contributed by atoms with Gasteiger partial charge in [0.05, 0.1) is 11.2 Å². The van der Waals surface area contributed by atoms with Crippen LogP contribution < -0.4 is 5.56 Å². The van der Waals surface area contributed by atoms with E-state index < -0.39 is 0 Å². The van der Waals surface area contributed by atoms with Gasteiger partial charge in [0, 0.05) is 12.4 Å². The van der Waals surface area contributed by atoms with Crippen molar-refractivity contribution in [3.63, 3.8) is 0 Å². The molecule has 4 heteroatoms. The third-order valence-corrected chi connectivity index (χ3v) is 2.72. The summed E-state index contributed by atoms with van der Waals surface area (Å²) in [4.78, 5) is 22.7. The van der Waals surface area contributed by atoms with Crippen molar-refractivity contribution in [3.8, 4) is 0 Å². The molecule has 0 aliphatic carbocycles. The monoisotopic (exact) mass is 217 g/mol. The third kappa shape index (κ3) is 1.96. The molecule has 0 aromatic carbocycles. The molecule has 2 aromatic rings. The van der Waals surface area contributed by atoms with E-state index in [2.05, 4.69) is 28.8 Å². The minimum absolute atomic E-state index is 0.181. The highest BCUT2D eigenvalue weighted by Crippen LogP contribution is 2.18. The zero-order chi connectivity index (χ0) is 11.5. The molecule has 84 valence electrons. The number of rotatable bonds is 3. The predicted molar refractivity (Wildman–Crippen MR) is 63.5 cm³/mol. The van der Waals surface area contributed by atoms with E-state index in [1.807, 2.05) is 0 Å². The Morgan fingerprint density at radius 1 is 1.50 bits per heavy atom. The highest BCUT2D eigenvalue weighted by atomic mass is 16.1. The van der Waals surface area contributed by atoms with Gasteiger partial charge in [0.15, 0.2) is 5.52 Å². The number of H-pyrrole nitrogens is 1. The Labute approximate surface area is 93.8 Å². The van der Waals surface area contributed by atoms with E-state index in [0.717, 1.165) is 18.5 Å². The second kappa shape index (κ2) is 4.43. The molecule has 0 radical (unpaired) electrons. The van der Waals surface area contributed by atoms with Gasteiger partial charge in [-0.25, -0.2) is 9.97 Å². The van der Waals surface area contributed by atoms with E-state index >= 15 is 0 Å². The molecule has 1 unspecified atom stereocenters. The van der Waals surface area contributed by atoms with E-state index in [9.17, 15) is 4.79 Å². The van der Waals surface area contributed by atoms with Crippen LogP contribution in [-0.2, 0) is 0 Å². The van der Waals surface area contributed by atoms with E-state index in [-0.39, 0.29) is 5.56 Å². The lowest BCUT2D eigenvalue weighted by Gasteiger charge is -2.09. The van der Waals surface area contributed by atoms with Gasteiger partial charge in [-0.15, -0.1) is 0 Å². The van der Waals surface area contributed by atoms with Gasteiger partial charge in [-0.3, -0.25) is 4.79 Å². The first-order valence-corrected chi connectivity index (χ1v) is 5.56. The summed E-state index contributed by atoms with van der Waals surface area (Å²) in [5.74, 6) is 0.390. The molecule has 0 aliphatic rings. The highest BCUT2D eigenvalue weighted by molar-refractivity contribution is 5.72. The van der Waals surface area contributed by atoms with E-state index in [0.29, 0.717) is 17.0 Å². The Morgan fingerprint density at radius 2 is 2.31 bits per heavy atom. The van der Waals surface area contributed by atoms with Crippen LogP contribution in [-0.4, -0.2) is 15.0 Å².